The first-order valence-corrected chi connectivity index (χ1v) is 9.04. The molecule has 2 aromatic rings. The van der Waals surface area contributed by atoms with Crippen LogP contribution in [0.3, 0.4) is 0 Å². The summed E-state index contributed by atoms with van der Waals surface area (Å²) in [6, 6.07) is 4.21. The van der Waals surface area contributed by atoms with Crippen molar-refractivity contribution in [2.24, 2.45) is 0 Å². The Hall–Kier alpha value is -1.70. The van der Waals surface area contributed by atoms with Gasteiger partial charge < -0.3 is 19.3 Å². The van der Waals surface area contributed by atoms with Gasteiger partial charge >= 0.3 is 0 Å². The van der Waals surface area contributed by atoms with Gasteiger partial charge in [0.25, 0.3) is 0 Å². The van der Waals surface area contributed by atoms with Crippen molar-refractivity contribution in [3.63, 3.8) is 0 Å². The minimum atomic E-state index is 0.223. The summed E-state index contributed by atoms with van der Waals surface area (Å²) in [6.07, 6.45) is 0. The van der Waals surface area contributed by atoms with Gasteiger partial charge in [0.05, 0.1) is 43.9 Å². The molecule has 2 fully saturated rings. The summed E-state index contributed by atoms with van der Waals surface area (Å²) < 4.78 is 11.1. The topological polar surface area (TPSA) is 63.6 Å². The summed E-state index contributed by atoms with van der Waals surface area (Å²) in [7, 11) is 0. The van der Waals surface area contributed by atoms with E-state index in [9.17, 15) is 0 Å². The molecule has 7 nitrogen and oxygen atoms in total. The standard InChI is InChI=1S/C17H22ClN5O2/c1-11-9-24-7-5-22(11)16-13-3-4-14(18)19-15(13)20-17(21-16)23-6-8-25-10-12(23)2/h3-4,11-12H,5-10H2,1-2H3. The Morgan fingerprint density at radius 3 is 2.32 bits per heavy atom. The lowest BCUT2D eigenvalue weighted by Gasteiger charge is -2.37. The number of pyridine rings is 1. The van der Waals surface area contributed by atoms with Gasteiger partial charge in [0.2, 0.25) is 5.95 Å². The molecule has 0 aromatic carbocycles. The molecule has 2 aliphatic heterocycles. The molecule has 8 heteroatoms. The molecule has 134 valence electrons. The molecule has 2 aromatic heterocycles. The van der Waals surface area contributed by atoms with Gasteiger partial charge in [-0.05, 0) is 26.0 Å². The first kappa shape index (κ1) is 16.8. The Kier molecular flexibility index (Phi) is 4.62. The summed E-state index contributed by atoms with van der Waals surface area (Å²) in [5.41, 5.74) is 0.630. The molecule has 2 saturated heterocycles. The molecule has 2 unspecified atom stereocenters. The maximum Gasteiger partial charge on any atom is 0.229 e. The Balaban J connectivity index is 1.84. The molecule has 0 bridgehead atoms. The summed E-state index contributed by atoms with van der Waals surface area (Å²) in [5, 5.41) is 1.36. The van der Waals surface area contributed by atoms with Gasteiger partial charge in [0, 0.05) is 13.1 Å². The Morgan fingerprint density at radius 2 is 1.64 bits per heavy atom. The third-order valence-electron chi connectivity index (χ3n) is 4.76. The Bertz CT molecular complexity index is 774. The van der Waals surface area contributed by atoms with E-state index in [0.717, 1.165) is 24.3 Å². The van der Waals surface area contributed by atoms with Crippen LogP contribution in [0.4, 0.5) is 11.8 Å². The van der Waals surface area contributed by atoms with E-state index >= 15 is 0 Å². The van der Waals surface area contributed by atoms with E-state index in [2.05, 4.69) is 28.6 Å². The number of halogens is 1. The molecule has 0 N–H and O–H groups in total. The highest BCUT2D eigenvalue weighted by Gasteiger charge is 2.27. The van der Waals surface area contributed by atoms with Crippen molar-refractivity contribution in [3.8, 4) is 0 Å². The predicted molar refractivity (Wildman–Crippen MR) is 97.6 cm³/mol. The number of aromatic nitrogens is 3. The Labute approximate surface area is 151 Å². The zero-order chi connectivity index (χ0) is 17.4. The molecule has 0 spiro atoms. The number of morpholine rings is 2. The molecule has 2 aliphatic rings. The van der Waals surface area contributed by atoms with Gasteiger partial charge in [-0.1, -0.05) is 11.6 Å². The van der Waals surface area contributed by atoms with Crippen LogP contribution < -0.4 is 9.80 Å². The van der Waals surface area contributed by atoms with Crippen molar-refractivity contribution >= 4 is 34.4 Å². The van der Waals surface area contributed by atoms with Gasteiger partial charge in [-0.15, -0.1) is 0 Å². The van der Waals surface area contributed by atoms with Gasteiger partial charge in [-0.3, -0.25) is 0 Å². The van der Waals surface area contributed by atoms with Crippen LogP contribution in [0.2, 0.25) is 5.15 Å². The molecule has 4 heterocycles. The maximum atomic E-state index is 6.11. The van der Waals surface area contributed by atoms with Crippen molar-refractivity contribution in [1.82, 2.24) is 15.0 Å². The molecule has 0 amide bonds. The average molecular weight is 364 g/mol. The second kappa shape index (κ2) is 6.90. The van der Waals surface area contributed by atoms with Crippen molar-refractivity contribution in [3.05, 3.63) is 17.3 Å². The average Bonchev–Trinajstić information content (AvgIpc) is 2.61. The highest BCUT2D eigenvalue weighted by Crippen LogP contribution is 2.30. The Morgan fingerprint density at radius 1 is 0.960 bits per heavy atom. The monoisotopic (exact) mass is 363 g/mol. The maximum absolute atomic E-state index is 6.11. The highest BCUT2D eigenvalue weighted by molar-refractivity contribution is 6.29. The van der Waals surface area contributed by atoms with E-state index in [1.54, 1.807) is 6.07 Å². The summed E-state index contributed by atoms with van der Waals surface area (Å²) in [5.74, 6) is 1.59. The van der Waals surface area contributed by atoms with Crippen LogP contribution in [0.15, 0.2) is 12.1 Å². The predicted octanol–water partition coefficient (Wildman–Crippen LogP) is 2.13. The highest BCUT2D eigenvalue weighted by atomic mass is 35.5. The molecule has 0 radical (unpaired) electrons. The van der Waals surface area contributed by atoms with E-state index in [-0.39, 0.29) is 12.1 Å². The smallest absolute Gasteiger partial charge is 0.229 e. The second-order valence-electron chi connectivity index (χ2n) is 6.59. The number of anilines is 2. The lowest BCUT2D eigenvalue weighted by atomic mass is 10.2. The second-order valence-corrected chi connectivity index (χ2v) is 6.97. The first-order valence-electron chi connectivity index (χ1n) is 8.66. The zero-order valence-electron chi connectivity index (χ0n) is 14.5. The van der Waals surface area contributed by atoms with Crippen LogP contribution in [0, 0.1) is 0 Å². The summed E-state index contributed by atoms with van der Waals surface area (Å²) >= 11 is 6.11. The molecular weight excluding hydrogens is 342 g/mol. The van der Waals surface area contributed by atoms with Crippen LogP contribution in [0.25, 0.3) is 11.0 Å². The van der Waals surface area contributed by atoms with E-state index in [1.807, 2.05) is 6.07 Å². The fourth-order valence-corrected chi connectivity index (χ4v) is 3.52. The fourth-order valence-electron chi connectivity index (χ4n) is 3.37. The van der Waals surface area contributed by atoms with Crippen LogP contribution in [-0.2, 0) is 9.47 Å². The SMILES string of the molecule is CC1COCCN1c1nc(N2CCOCC2C)c2ccc(Cl)nc2n1. The van der Waals surface area contributed by atoms with Crippen molar-refractivity contribution in [2.75, 3.05) is 49.3 Å². The minimum absolute atomic E-state index is 0.223. The molecule has 0 saturated carbocycles. The van der Waals surface area contributed by atoms with Crippen LogP contribution in [0.5, 0.6) is 0 Å². The van der Waals surface area contributed by atoms with Crippen LogP contribution in [0.1, 0.15) is 13.8 Å². The van der Waals surface area contributed by atoms with Gasteiger partial charge in [0.1, 0.15) is 11.0 Å². The first-order chi connectivity index (χ1) is 12.1. The number of fused-ring (bicyclic) bond motifs is 1. The van der Waals surface area contributed by atoms with Gasteiger partial charge in [-0.25, -0.2) is 4.98 Å². The number of rotatable bonds is 2. The third kappa shape index (κ3) is 3.23. The van der Waals surface area contributed by atoms with E-state index in [0.29, 0.717) is 43.2 Å². The van der Waals surface area contributed by atoms with E-state index in [4.69, 9.17) is 31.0 Å². The summed E-state index contributed by atoms with van der Waals surface area (Å²) in [4.78, 5) is 18.5. The quantitative estimate of drug-likeness (QED) is 0.757. The molecule has 4 rings (SSSR count). The third-order valence-corrected chi connectivity index (χ3v) is 4.97. The molecule has 2 atom stereocenters. The molecule has 0 aliphatic carbocycles. The van der Waals surface area contributed by atoms with E-state index in [1.165, 1.54) is 0 Å². The van der Waals surface area contributed by atoms with Crippen LogP contribution >= 0.6 is 11.6 Å². The number of nitrogens with zero attached hydrogens (tertiary/aromatic N) is 5. The van der Waals surface area contributed by atoms with Crippen LogP contribution in [-0.4, -0.2) is 66.6 Å². The van der Waals surface area contributed by atoms with Crippen molar-refractivity contribution < 1.29 is 9.47 Å². The lowest BCUT2D eigenvalue weighted by molar-refractivity contribution is 0.0973. The van der Waals surface area contributed by atoms with E-state index < -0.39 is 0 Å². The van der Waals surface area contributed by atoms with Crippen molar-refractivity contribution in [2.45, 2.75) is 25.9 Å². The van der Waals surface area contributed by atoms with Gasteiger partial charge in [0.15, 0.2) is 5.65 Å². The number of hydrogen-bond donors (Lipinski definition) is 0. The molecular formula is C17H22ClN5O2. The van der Waals surface area contributed by atoms with Gasteiger partial charge in [-0.2, -0.15) is 9.97 Å². The van der Waals surface area contributed by atoms with Crippen molar-refractivity contribution in [1.29, 1.82) is 0 Å². The zero-order valence-corrected chi connectivity index (χ0v) is 15.2. The normalized spacial score (nSPS) is 24.8. The molecule has 25 heavy (non-hydrogen) atoms. The lowest BCUT2D eigenvalue weighted by Crippen LogP contribution is -2.46. The number of ether oxygens (including phenoxy) is 2. The summed E-state index contributed by atoms with van der Waals surface area (Å²) in [6.45, 7) is 8.57. The largest absolute Gasteiger partial charge is 0.377 e. The number of hydrogen-bond acceptors (Lipinski definition) is 7. The minimum Gasteiger partial charge on any atom is -0.377 e. The fraction of sp³-hybridized carbons (Fsp3) is 0.588.